The molecule has 2 aromatic carbocycles. The van der Waals surface area contributed by atoms with Crippen molar-refractivity contribution >= 4 is 56.1 Å². The Morgan fingerprint density at radius 3 is 1.50 bits per heavy atom. The molecule has 0 aliphatic carbocycles. The van der Waals surface area contributed by atoms with E-state index in [2.05, 4.69) is 57.9 Å². The summed E-state index contributed by atoms with van der Waals surface area (Å²) in [5.74, 6) is -0.924. The fourth-order valence-corrected chi connectivity index (χ4v) is 3.26. The molecule has 0 spiro atoms. The number of amides is 2. The quantitative estimate of drug-likeness (QED) is 0.339. The largest absolute Gasteiger partial charge is 0.273 e. The molecule has 3 aromatic rings. The summed E-state index contributed by atoms with van der Waals surface area (Å²) in [5.41, 5.74) is 8.10. The summed E-state index contributed by atoms with van der Waals surface area (Å²) in [7, 11) is 0. The fraction of sp³-hybridized carbons (Fsp3) is 0.0870. The van der Waals surface area contributed by atoms with Crippen molar-refractivity contribution in [3.63, 3.8) is 0 Å². The number of carbonyl (C=O) groups excluding carboxylic acids is 2. The summed E-state index contributed by atoms with van der Waals surface area (Å²) in [6, 6.07) is 16.4. The Morgan fingerprint density at radius 1 is 0.750 bits per heavy atom. The predicted molar refractivity (Wildman–Crippen MR) is 132 cm³/mol. The lowest BCUT2D eigenvalue weighted by Gasteiger charge is -2.09. The summed E-state index contributed by atoms with van der Waals surface area (Å²) in [4.78, 5) is 29.5. The van der Waals surface area contributed by atoms with E-state index in [1.54, 1.807) is 13.8 Å². The minimum atomic E-state index is -0.462. The third kappa shape index (κ3) is 6.41. The highest BCUT2D eigenvalue weighted by atomic mass is 79.9. The molecule has 0 bridgehead atoms. The number of carbonyl (C=O) groups is 2. The topological polar surface area (TPSA) is 95.8 Å². The Morgan fingerprint density at radius 2 is 1.12 bits per heavy atom. The van der Waals surface area contributed by atoms with Gasteiger partial charge in [0, 0.05) is 8.95 Å². The minimum absolute atomic E-state index is 0.255. The number of aromatic nitrogens is 1. The van der Waals surface area contributed by atoms with E-state index in [-0.39, 0.29) is 11.1 Å². The van der Waals surface area contributed by atoms with Gasteiger partial charge in [-0.2, -0.15) is 10.2 Å². The molecule has 7 nitrogen and oxygen atoms in total. The van der Waals surface area contributed by atoms with Gasteiger partial charge in [0.05, 0.1) is 34.9 Å². The molecule has 0 fully saturated rings. The van der Waals surface area contributed by atoms with Gasteiger partial charge in [0.25, 0.3) is 11.8 Å². The first-order valence-corrected chi connectivity index (χ1v) is 11.1. The molecule has 0 saturated carbocycles. The Labute approximate surface area is 202 Å². The van der Waals surface area contributed by atoms with Gasteiger partial charge in [-0.25, -0.2) is 10.9 Å². The second kappa shape index (κ2) is 10.9. The maximum Gasteiger partial charge on any atom is 0.273 e. The average Bonchev–Trinajstić information content (AvgIpc) is 2.76. The maximum absolute atomic E-state index is 12.6. The molecule has 2 amide bonds. The van der Waals surface area contributed by atoms with Gasteiger partial charge < -0.3 is 0 Å². The van der Waals surface area contributed by atoms with Crippen molar-refractivity contribution in [1.82, 2.24) is 15.8 Å². The molecule has 1 heterocycles. The number of aryl methyl sites for hydroxylation is 2. The lowest BCUT2D eigenvalue weighted by Crippen LogP contribution is -2.23. The normalized spacial score (nSPS) is 11.1. The summed E-state index contributed by atoms with van der Waals surface area (Å²) in [5, 5.41) is 7.96. The highest BCUT2D eigenvalue weighted by Crippen LogP contribution is 2.14. The summed E-state index contributed by atoms with van der Waals surface area (Å²) in [6.45, 7) is 3.40. The van der Waals surface area contributed by atoms with E-state index in [1.165, 1.54) is 18.5 Å². The summed E-state index contributed by atoms with van der Waals surface area (Å²) >= 11 is 6.73. The third-order valence-electron chi connectivity index (χ3n) is 4.39. The average molecular weight is 557 g/mol. The molecule has 9 heteroatoms. The van der Waals surface area contributed by atoms with Crippen LogP contribution in [0.25, 0.3) is 0 Å². The van der Waals surface area contributed by atoms with E-state index in [0.717, 1.165) is 20.1 Å². The molecule has 0 unspecified atom stereocenters. The zero-order chi connectivity index (χ0) is 23.1. The molecule has 0 atom stereocenters. The number of rotatable bonds is 6. The van der Waals surface area contributed by atoms with Crippen LogP contribution in [0, 0.1) is 13.8 Å². The van der Waals surface area contributed by atoms with Crippen molar-refractivity contribution in [2.24, 2.45) is 10.2 Å². The van der Waals surface area contributed by atoms with Gasteiger partial charge in [0.1, 0.15) is 0 Å². The molecule has 0 aliphatic heterocycles. The zero-order valence-electron chi connectivity index (χ0n) is 17.3. The van der Waals surface area contributed by atoms with Crippen molar-refractivity contribution in [3.05, 3.63) is 97.2 Å². The van der Waals surface area contributed by atoms with Crippen LogP contribution in [-0.4, -0.2) is 29.2 Å². The third-order valence-corrected chi connectivity index (χ3v) is 5.45. The maximum atomic E-state index is 12.6. The Bertz CT molecular complexity index is 1100. The van der Waals surface area contributed by atoms with E-state index in [1.807, 2.05) is 48.5 Å². The number of nitrogens with one attached hydrogen (secondary N) is 2. The van der Waals surface area contributed by atoms with E-state index < -0.39 is 11.8 Å². The molecule has 2 N–H and O–H groups in total. The van der Waals surface area contributed by atoms with E-state index in [9.17, 15) is 9.59 Å². The molecule has 162 valence electrons. The number of pyridine rings is 1. The fourth-order valence-electron chi connectivity index (χ4n) is 2.73. The predicted octanol–water partition coefficient (Wildman–Crippen LogP) is 4.75. The van der Waals surface area contributed by atoms with Crippen molar-refractivity contribution in [2.75, 3.05) is 0 Å². The first-order valence-electron chi connectivity index (χ1n) is 9.49. The van der Waals surface area contributed by atoms with Gasteiger partial charge >= 0.3 is 0 Å². The lowest BCUT2D eigenvalue weighted by atomic mass is 10.1. The number of benzene rings is 2. The van der Waals surface area contributed by atoms with Crippen molar-refractivity contribution in [2.45, 2.75) is 13.8 Å². The van der Waals surface area contributed by atoms with Crippen molar-refractivity contribution in [3.8, 4) is 0 Å². The molecular formula is C23H19Br2N5O2. The number of halogens is 2. The molecule has 0 radical (unpaired) electrons. The van der Waals surface area contributed by atoms with Gasteiger partial charge in [0.15, 0.2) is 0 Å². The molecule has 0 saturated heterocycles. The summed E-state index contributed by atoms with van der Waals surface area (Å²) in [6.07, 6.45) is 3.07. The molecule has 1 aromatic heterocycles. The van der Waals surface area contributed by atoms with E-state index in [0.29, 0.717) is 11.4 Å². The minimum Gasteiger partial charge on any atom is -0.267 e. The van der Waals surface area contributed by atoms with Crippen LogP contribution in [0.5, 0.6) is 0 Å². The number of hydrogen-bond acceptors (Lipinski definition) is 5. The van der Waals surface area contributed by atoms with Crippen LogP contribution in [0.2, 0.25) is 0 Å². The highest BCUT2D eigenvalue weighted by molar-refractivity contribution is 9.10. The Hall–Kier alpha value is -3.17. The van der Waals surface area contributed by atoms with Crippen LogP contribution in [-0.2, 0) is 0 Å². The zero-order valence-corrected chi connectivity index (χ0v) is 20.4. The first-order chi connectivity index (χ1) is 15.3. The van der Waals surface area contributed by atoms with Gasteiger partial charge in [0.2, 0.25) is 0 Å². The van der Waals surface area contributed by atoms with Gasteiger partial charge in [-0.15, -0.1) is 0 Å². The van der Waals surface area contributed by atoms with E-state index in [4.69, 9.17) is 0 Å². The second-order valence-corrected chi connectivity index (χ2v) is 8.59. The Balaban J connectivity index is 1.69. The smallest absolute Gasteiger partial charge is 0.267 e. The van der Waals surface area contributed by atoms with Crippen molar-refractivity contribution in [1.29, 1.82) is 0 Å². The summed E-state index contributed by atoms with van der Waals surface area (Å²) < 4.78 is 1.90. The Kier molecular flexibility index (Phi) is 8.02. The van der Waals surface area contributed by atoms with Crippen LogP contribution in [0.1, 0.15) is 43.2 Å². The molecule has 0 aliphatic rings. The van der Waals surface area contributed by atoms with Crippen LogP contribution < -0.4 is 10.9 Å². The first kappa shape index (κ1) is 23.5. The standard InChI is InChI=1S/C23H19Br2N5O2/c1-14-20(22(31)29-26-12-16-3-7-18(24)8-4-16)11-21(15(2)28-14)23(32)30-27-13-17-5-9-19(25)10-6-17/h3-13H,1-2H3,(H,29,31)(H,30,32). The van der Waals surface area contributed by atoms with Gasteiger partial charge in [-0.05, 0) is 55.3 Å². The van der Waals surface area contributed by atoms with Crippen LogP contribution in [0.4, 0.5) is 0 Å². The van der Waals surface area contributed by atoms with Crippen LogP contribution in [0.15, 0.2) is 73.7 Å². The number of hydrazone groups is 2. The SMILES string of the molecule is Cc1nc(C)c(C(=O)NN=Cc2ccc(Br)cc2)cc1C(=O)NN=Cc1ccc(Br)cc1. The van der Waals surface area contributed by atoms with Gasteiger partial charge in [-0.3, -0.25) is 14.6 Å². The number of nitrogens with zero attached hydrogens (tertiary/aromatic N) is 3. The molecule has 3 rings (SSSR count). The van der Waals surface area contributed by atoms with Crippen LogP contribution in [0.3, 0.4) is 0 Å². The number of hydrogen-bond donors (Lipinski definition) is 2. The van der Waals surface area contributed by atoms with Crippen molar-refractivity contribution < 1.29 is 9.59 Å². The van der Waals surface area contributed by atoms with Gasteiger partial charge in [-0.1, -0.05) is 56.1 Å². The molecule has 32 heavy (non-hydrogen) atoms. The van der Waals surface area contributed by atoms with Crippen LogP contribution >= 0.6 is 31.9 Å². The lowest BCUT2D eigenvalue weighted by molar-refractivity contribution is 0.0954. The highest BCUT2D eigenvalue weighted by Gasteiger charge is 2.17. The van der Waals surface area contributed by atoms with E-state index >= 15 is 0 Å². The monoisotopic (exact) mass is 555 g/mol. The molecular weight excluding hydrogens is 538 g/mol. The second-order valence-electron chi connectivity index (χ2n) is 6.76.